The predicted octanol–water partition coefficient (Wildman–Crippen LogP) is 4.32. The lowest BCUT2D eigenvalue weighted by Crippen LogP contribution is -2.38. The van der Waals surface area contributed by atoms with E-state index in [4.69, 9.17) is 24.7 Å². The molecule has 0 radical (unpaired) electrons. The Labute approximate surface area is 221 Å². The van der Waals surface area contributed by atoms with Gasteiger partial charge in [-0.3, -0.25) is 4.90 Å². The van der Waals surface area contributed by atoms with E-state index in [1.54, 1.807) is 6.20 Å². The number of likely N-dealkylation sites (tertiary alicyclic amines) is 1. The topological polar surface area (TPSA) is 109 Å². The molecule has 1 saturated heterocycles. The second kappa shape index (κ2) is 10.8. The third-order valence-corrected chi connectivity index (χ3v) is 6.77. The first-order valence-electron chi connectivity index (χ1n) is 12.8. The number of nitrogens with one attached hydrogen (secondary N) is 1. The molecule has 0 atom stereocenters. The first kappa shape index (κ1) is 23.8. The molecule has 0 spiro atoms. The lowest BCUT2D eigenvalue weighted by Gasteiger charge is -2.32. The maximum atomic E-state index is 9.01. The van der Waals surface area contributed by atoms with E-state index in [1.165, 1.54) is 5.56 Å². The first-order valence-corrected chi connectivity index (χ1v) is 12.8. The highest BCUT2D eigenvalue weighted by atomic mass is 16.6. The van der Waals surface area contributed by atoms with Crippen molar-refractivity contribution in [2.24, 2.45) is 0 Å². The molecular weight excluding hydrogens is 478 g/mol. The molecule has 0 aliphatic carbocycles. The summed E-state index contributed by atoms with van der Waals surface area (Å²) < 4.78 is 11.4. The summed E-state index contributed by atoms with van der Waals surface area (Å²) in [5.74, 6) is 1.78. The number of nitriles is 1. The summed E-state index contributed by atoms with van der Waals surface area (Å²) in [6.07, 6.45) is 3.64. The van der Waals surface area contributed by atoms with Gasteiger partial charge in [0.05, 0.1) is 0 Å². The Bertz CT molecular complexity index is 1450. The summed E-state index contributed by atoms with van der Waals surface area (Å²) in [6.45, 7) is 3.80. The molecule has 6 rings (SSSR count). The molecule has 2 aliphatic rings. The van der Waals surface area contributed by atoms with Crippen molar-refractivity contribution in [3.8, 4) is 40.3 Å². The van der Waals surface area contributed by atoms with E-state index in [-0.39, 0.29) is 5.82 Å². The van der Waals surface area contributed by atoms with Crippen molar-refractivity contribution in [1.82, 2.24) is 24.8 Å². The number of aromatic nitrogens is 4. The maximum absolute atomic E-state index is 9.01. The van der Waals surface area contributed by atoms with E-state index in [1.807, 2.05) is 42.5 Å². The minimum Gasteiger partial charge on any atom is -0.470 e. The van der Waals surface area contributed by atoms with Crippen molar-refractivity contribution in [2.75, 3.05) is 31.6 Å². The quantitative estimate of drug-likeness (QED) is 0.410. The van der Waals surface area contributed by atoms with Gasteiger partial charge in [0.1, 0.15) is 36.5 Å². The van der Waals surface area contributed by atoms with Crippen LogP contribution < -0.4 is 14.8 Å². The van der Waals surface area contributed by atoms with Gasteiger partial charge >= 0.3 is 0 Å². The van der Waals surface area contributed by atoms with Gasteiger partial charge in [0.15, 0.2) is 0 Å². The van der Waals surface area contributed by atoms with Gasteiger partial charge in [-0.1, -0.05) is 54.6 Å². The average Bonchev–Trinajstić information content (AvgIpc) is 2.98. The molecule has 2 aromatic heterocycles. The second-order valence-electron chi connectivity index (χ2n) is 9.36. The van der Waals surface area contributed by atoms with Crippen LogP contribution >= 0.6 is 0 Å². The van der Waals surface area contributed by atoms with Crippen LogP contribution in [0.25, 0.3) is 22.5 Å². The maximum Gasteiger partial charge on any atom is 0.278 e. The van der Waals surface area contributed by atoms with Gasteiger partial charge in [0.25, 0.3) is 11.8 Å². The largest absolute Gasteiger partial charge is 0.470 e. The lowest BCUT2D eigenvalue weighted by molar-refractivity contribution is 0.157. The number of hydrogen-bond donors (Lipinski definition) is 1. The third-order valence-electron chi connectivity index (χ3n) is 6.77. The van der Waals surface area contributed by atoms with Crippen LogP contribution in [0.15, 0.2) is 66.9 Å². The van der Waals surface area contributed by atoms with Gasteiger partial charge in [-0.25, -0.2) is 19.9 Å². The molecule has 2 aromatic carbocycles. The highest BCUT2D eigenvalue weighted by molar-refractivity contribution is 5.79. The molecule has 9 nitrogen and oxygen atoms in total. The number of hydrogen-bond acceptors (Lipinski definition) is 9. The van der Waals surface area contributed by atoms with Crippen LogP contribution in [-0.4, -0.2) is 57.2 Å². The van der Waals surface area contributed by atoms with Gasteiger partial charge in [0.2, 0.25) is 5.82 Å². The van der Waals surface area contributed by atoms with Gasteiger partial charge in [-0.15, -0.1) is 0 Å². The number of rotatable bonds is 6. The number of fused-ring (bicyclic) bond motifs is 1. The van der Waals surface area contributed by atoms with Crippen molar-refractivity contribution >= 4 is 5.82 Å². The summed E-state index contributed by atoms with van der Waals surface area (Å²) in [4.78, 5) is 20.2. The summed E-state index contributed by atoms with van der Waals surface area (Å²) in [5, 5.41) is 12.5. The van der Waals surface area contributed by atoms with Crippen LogP contribution in [0.5, 0.6) is 11.8 Å². The molecule has 9 heteroatoms. The zero-order valence-corrected chi connectivity index (χ0v) is 20.9. The fourth-order valence-corrected chi connectivity index (χ4v) is 4.83. The van der Waals surface area contributed by atoms with Gasteiger partial charge in [0, 0.05) is 43.0 Å². The smallest absolute Gasteiger partial charge is 0.278 e. The minimum atomic E-state index is 0.189. The van der Waals surface area contributed by atoms with Crippen LogP contribution in [0.3, 0.4) is 0 Å². The summed E-state index contributed by atoms with van der Waals surface area (Å²) in [7, 11) is 0. The molecule has 0 bridgehead atoms. The molecular formula is C29H27N7O2. The Hall–Kier alpha value is -4.55. The Kier molecular flexibility index (Phi) is 6.79. The van der Waals surface area contributed by atoms with E-state index >= 15 is 0 Å². The highest BCUT2D eigenvalue weighted by Gasteiger charge is 2.22. The average molecular weight is 506 g/mol. The molecule has 190 valence electrons. The standard InChI is InChI=1S/C29H27N7O2/c30-18-25-31-13-10-24(33-25)32-23-11-14-36(15-12-23)19-20-6-8-22(9-7-20)27-26(21-4-2-1-3-5-21)34-28-29(35-27)38-17-16-37-28/h1-10,13,23H,11-12,14-17,19H2,(H,31,32,33). The summed E-state index contributed by atoms with van der Waals surface area (Å²) in [6, 6.07) is 22.7. The van der Waals surface area contributed by atoms with Gasteiger partial charge in [-0.05, 0) is 24.5 Å². The molecule has 4 heterocycles. The van der Waals surface area contributed by atoms with E-state index < -0.39 is 0 Å². The number of nitrogens with zero attached hydrogens (tertiary/aromatic N) is 6. The van der Waals surface area contributed by atoms with Crippen LogP contribution in [0.4, 0.5) is 5.82 Å². The molecule has 38 heavy (non-hydrogen) atoms. The second-order valence-corrected chi connectivity index (χ2v) is 9.36. The number of ether oxygens (including phenoxy) is 2. The third kappa shape index (κ3) is 5.26. The Morgan fingerprint density at radius 3 is 2.16 bits per heavy atom. The number of piperidine rings is 1. The minimum absolute atomic E-state index is 0.189. The van der Waals surface area contributed by atoms with Crippen LogP contribution in [-0.2, 0) is 6.54 Å². The molecule has 0 saturated carbocycles. The van der Waals surface area contributed by atoms with E-state index in [2.05, 4.69) is 44.5 Å². The normalized spacial score (nSPS) is 15.6. The fourth-order valence-electron chi connectivity index (χ4n) is 4.83. The van der Waals surface area contributed by atoms with Crippen molar-refractivity contribution in [3.63, 3.8) is 0 Å². The first-order chi connectivity index (χ1) is 18.7. The highest BCUT2D eigenvalue weighted by Crippen LogP contribution is 2.36. The zero-order valence-electron chi connectivity index (χ0n) is 20.9. The Morgan fingerprint density at radius 1 is 0.842 bits per heavy atom. The zero-order chi connectivity index (χ0) is 25.7. The van der Waals surface area contributed by atoms with Crippen LogP contribution in [0, 0.1) is 11.3 Å². The monoisotopic (exact) mass is 505 g/mol. The molecule has 2 aliphatic heterocycles. The molecule has 4 aromatic rings. The van der Waals surface area contributed by atoms with Crippen LogP contribution in [0.1, 0.15) is 24.2 Å². The SMILES string of the molecule is N#Cc1nccc(NC2CCN(Cc3ccc(-c4nc5c(nc4-c4ccccc4)OCCO5)cc3)CC2)n1. The van der Waals surface area contributed by atoms with Gasteiger partial charge < -0.3 is 14.8 Å². The summed E-state index contributed by atoms with van der Waals surface area (Å²) >= 11 is 0. The molecule has 1 N–H and O–H groups in total. The number of anilines is 1. The molecule has 0 unspecified atom stereocenters. The van der Waals surface area contributed by atoms with Crippen LogP contribution in [0.2, 0.25) is 0 Å². The summed E-state index contributed by atoms with van der Waals surface area (Å²) in [5.41, 5.74) is 4.78. The van der Waals surface area contributed by atoms with E-state index in [0.717, 1.165) is 55.0 Å². The fraction of sp³-hybridized carbons (Fsp3) is 0.276. The van der Waals surface area contributed by atoms with Crippen molar-refractivity contribution in [2.45, 2.75) is 25.4 Å². The Balaban J connectivity index is 1.13. The Morgan fingerprint density at radius 2 is 1.50 bits per heavy atom. The molecule has 1 fully saturated rings. The van der Waals surface area contributed by atoms with E-state index in [0.29, 0.717) is 36.8 Å². The number of benzene rings is 2. The molecule has 0 amide bonds. The van der Waals surface area contributed by atoms with Gasteiger partial charge in [-0.2, -0.15) is 5.26 Å². The van der Waals surface area contributed by atoms with Crippen molar-refractivity contribution in [3.05, 3.63) is 78.2 Å². The van der Waals surface area contributed by atoms with Crippen molar-refractivity contribution in [1.29, 1.82) is 5.26 Å². The van der Waals surface area contributed by atoms with E-state index in [9.17, 15) is 0 Å². The predicted molar refractivity (Wildman–Crippen MR) is 143 cm³/mol. The van der Waals surface area contributed by atoms with Crippen molar-refractivity contribution < 1.29 is 9.47 Å². The lowest BCUT2D eigenvalue weighted by atomic mass is 10.0.